The number of esters is 1. The van der Waals surface area contributed by atoms with Crippen molar-refractivity contribution >= 4 is 12.3 Å². The lowest BCUT2D eigenvalue weighted by molar-refractivity contribution is -0.148. The Kier molecular flexibility index (Phi) is 3.52. The van der Waals surface area contributed by atoms with Crippen LogP contribution in [0.15, 0.2) is 18.3 Å². The van der Waals surface area contributed by atoms with Crippen LogP contribution in [0.3, 0.4) is 0 Å². The zero-order chi connectivity index (χ0) is 12.3. The molecule has 1 aromatic heterocycles. The largest absolute Gasteiger partial charge is 0.467 e. The number of carbonyl (C=O) groups excluding carboxylic acids is 2. The molecule has 1 heterocycles. The molecule has 0 N–H and O–H groups in total. The molecule has 0 spiro atoms. The third kappa shape index (κ3) is 2.32. The van der Waals surface area contributed by atoms with Gasteiger partial charge >= 0.3 is 5.97 Å². The first-order chi connectivity index (χ1) is 7.41. The lowest BCUT2D eigenvalue weighted by Crippen LogP contribution is -2.33. The van der Waals surface area contributed by atoms with Gasteiger partial charge in [-0.1, -0.05) is 20.8 Å². The highest BCUT2D eigenvalue weighted by atomic mass is 16.5. The van der Waals surface area contributed by atoms with Crippen LogP contribution in [0.5, 0.6) is 0 Å². The lowest BCUT2D eigenvalue weighted by atomic mass is 9.86. The van der Waals surface area contributed by atoms with Crippen LogP contribution in [0.2, 0.25) is 0 Å². The van der Waals surface area contributed by atoms with Gasteiger partial charge in [0, 0.05) is 6.20 Å². The standard InChI is InChI=1S/C12H17NO3/c1-12(2,3)10(11(15)16-4)13-7-5-6-9(13)8-14/h5-8,10H,1-4H3/t10-/m0/s1. The maximum Gasteiger partial charge on any atom is 0.329 e. The average Bonchev–Trinajstić information content (AvgIpc) is 2.63. The van der Waals surface area contributed by atoms with Crippen molar-refractivity contribution in [3.05, 3.63) is 24.0 Å². The number of ether oxygens (including phenoxy) is 1. The third-order valence-electron chi connectivity index (χ3n) is 2.46. The molecule has 88 valence electrons. The Labute approximate surface area is 95.2 Å². The van der Waals surface area contributed by atoms with E-state index in [9.17, 15) is 9.59 Å². The molecule has 0 aliphatic rings. The molecule has 0 aliphatic carbocycles. The van der Waals surface area contributed by atoms with E-state index in [1.54, 1.807) is 22.9 Å². The van der Waals surface area contributed by atoms with Gasteiger partial charge in [-0.2, -0.15) is 0 Å². The van der Waals surface area contributed by atoms with E-state index >= 15 is 0 Å². The summed E-state index contributed by atoms with van der Waals surface area (Å²) in [7, 11) is 1.35. The maximum absolute atomic E-state index is 11.8. The van der Waals surface area contributed by atoms with Crippen molar-refractivity contribution in [1.82, 2.24) is 4.57 Å². The van der Waals surface area contributed by atoms with Gasteiger partial charge in [-0.25, -0.2) is 4.79 Å². The number of hydrogen-bond donors (Lipinski definition) is 0. The smallest absolute Gasteiger partial charge is 0.329 e. The summed E-state index contributed by atoms with van der Waals surface area (Å²) in [6.07, 6.45) is 2.46. The van der Waals surface area contributed by atoms with Gasteiger partial charge in [0.1, 0.15) is 6.04 Å². The SMILES string of the molecule is COC(=O)[C@H](n1cccc1C=O)C(C)(C)C. The van der Waals surface area contributed by atoms with Gasteiger partial charge in [0.05, 0.1) is 12.8 Å². The van der Waals surface area contributed by atoms with Crippen LogP contribution < -0.4 is 0 Å². The first-order valence-electron chi connectivity index (χ1n) is 5.11. The van der Waals surface area contributed by atoms with Crippen LogP contribution in [-0.2, 0) is 9.53 Å². The van der Waals surface area contributed by atoms with Gasteiger partial charge in [-0.3, -0.25) is 4.79 Å². The quantitative estimate of drug-likeness (QED) is 0.582. The monoisotopic (exact) mass is 223 g/mol. The van der Waals surface area contributed by atoms with E-state index in [-0.39, 0.29) is 11.4 Å². The normalized spacial score (nSPS) is 13.2. The second kappa shape index (κ2) is 4.51. The highest BCUT2D eigenvalue weighted by Crippen LogP contribution is 2.32. The number of nitrogens with zero attached hydrogens (tertiary/aromatic N) is 1. The van der Waals surface area contributed by atoms with Crippen LogP contribution in [0.25, 0.3) is 0 Å². The molecule has 0 aromatic carbocycles. The molecule has 4 heteroatoms. The predicted octanol–water partition coefficient (Wildman–Crippen LogP) is 2.06. The highest BCUT2D eigenvalue weighted by Gasteiger charge is 2.34. The molecule has 0 unspecified atom stereocenters. The van der Waals surface area contributed by atoms with E-state index in [0.717, 1.165) is 6.29 Å². The Morgan fingerprint density at radius 3 is 2.56 bits per heavy atom. The van der Waals surface area contributed by atoms with Crippen LogP contribution in [0, 0.1) is 5.41 Å². The van der Waals surface area contributed by atoms with Crippen molar-refractivity contribution in [3.8, 4) is 0 Å². The lowest BCUT2D eigenvalue weighted by Gasteiger charge is -2.30. The first-order valence-corrected chi connectivity index (χ1v) is 5.11. The van der Waals surface area contributed by atoms with E-state index in [1.807, 2.05) is 20.8 Å². The zero-order valence-corrected chi connectivity index (χ0v) is 10.1. The molecule has 0 amide bonds. The second-order valence-electron chi connectivity index (χ2n) is 4.75. The molecular formula is C12H17NO3. The Bertz CT molecular complexity index is 387. The predicted molar refractivity (Wildman–Crippen MR) is 60.3 cm³/mol. The minimum atomic E-state index is -0.493. The van der Waals surface area contributed by atoms with Crippen molar-refractivity contribution in [2.75, 3.05) is 7.11 Å². The molecule has 0 radical (unpaired) electrons. The average molecular weight is 223 g/mol. The molecule has 1 aromatic rings. The summed E-state index contributed by atoms with van der Waals surface area (Å²) in [6.45, 7) is 5.80. The molecule has 1 rings (SSSR count). The zero-order valence-electron chi connectivity index (χ0n) is 10.1. The van der Waals surface area contributed by atoms with Crippen LogP contribution in [-0.4, -0.2) is 23.9 Å². The Balaban J connectivity index is 3.21. The van der Waals surface area contributed by atoms with Crippen molar-refractivity contribution in [3.63, 3.8) is 0 Å². The van der Waals surface area contributed by atoms with Crippen molar-refractivity contribution < 1.29 is 14.3 Å². The van der Waals surface area contributed by atoms with Gasteiger partial charge in [0.2, 0.25) is 0 Å². The number of methoxy groups -OCH3 is 1. The topological polar surface area (TPSA) is 48.3 Å². The fraction of sp³-hybridized carbons (Fsp3) is 0.500. The van der Waals surface area contributed by atoms with Gasteiger partial charge in [-0.15, -0.1) is 0 Å². The minimum Gasteiger partial charge on any atom is -0.467 e. The summed E-state index contributed by atoms with van der Waals surface area (Å²) in [5, 5.41) is 0. The molecule has 0 aliphatic heterocycles. The summed E-state index contributed by atoms with van der Waals surface area (Å²) in [5.41, 5.74) is 0.162. The molecular weight excluding hydrogens is 206 g/mol. The fourth-order valence-corrected chi connectivity index (χ4v) is 1.74. The molecule has 16 heavy (non-hydrogen) atoms. The highest BCUT2D eigenvalue weighted by molar-refractivity contribution is 5.78. The number of hydrogen-bond acceptors (Lipinski definition) is 3. The number of aldehydes is 1. The Morgan fingerprint density at radius 2 is 2.12 bits per heavy atom. The van der Waals surface area contributed by atoms with E-state index in [2.05, 4.69) is 0 Å². The summed E-state index contributed by atoms with van der Waals surface area (Å²) in [5.74, 6) is -0.341. The molecule has 0 bridgehead atoms. The Hall–Kier alpha value is -1.58. The van der Waals surface area contributed by atoms with Gasteiger partial charge in [-0.05, 0) is 17.5 Å². The van der Waals surface area contributed by atoms with Gasteiger partial charge in [0.15, 0.2) is 6.29 Å². The van der Waals surface area contributed by atoms with Crippen LogP contribution in [0.4, 0.5) is 0 Å². The maximum atomic E-state index is 11.8. The molecule has 0 saturated carbocycles. The number of rotatable bonds is 3. The van der Waals surface area contributed by atoms with E-state index in [4.69, 9.17) is 4.74 Å². The van der Waals surface area contributed by atoms with E-state index < -0.39 is 6.04 Å². The minimum absolute atomic E-state index is 0.316. The Morgan fingerprint density at radius 1 is 1.50 bits per heavy atom. The van der Waals surface area contributed by atoms with Crippen LogP contribution in [0.1, 0.15) is 37.3 Å². The molecule has 4 nitrogen and oxygen atoms in total. The van der Waals surface area contributed by atoms with Crippen molar-refractivity contribution in [2.24, 2.45) is 5.41 Å². The first kappa shape index (κ1) is 12.5. The number of aromatic nitrogens is 1. The molecule has 0 saturated heterocycles. The molecule has 1 atom stereocenters. The van der Waals surface area contributed by atoms with Crippen molar-refractivity contribution in [1.29, 1.82) is 0 Å². The molecule has 0 fully saturated rings. The summed E-state index contributed by atoms with van der Waals surface area (Å²) in [6, 6.07) is 2.92. The summed E-state index contributed by atoms with van der Waals surface area (Å²) in [4.78, 5) is 22.6. The fourth-order valence-electron chi connectivity index (χ4n) is 1.74. The van der Waals surface area contributed by atoms with Gasteiger partial charge in [0.25, 0.3) is 0 Å². The van der Waals surface area contributed by atoms with E-state index in [1.165, 1.54) is 7.11 Å². The van der Waals surface area contributed by atoms with Gasteiger partial charge < -0.3 is 9.30 Å². The van der Waals surface area contributed by atoms with Crippen molar-refractivity contribution in [2.45, 2.75) is 26.8 Å². The van der Waals surface area contributed by atoms with Crippen LogP contribution >= 0.6 is 0 Å². The summed E-state index contributed by atoms with van der Waals surface area (Å²) < 4.78 is 6.44. The third-order valence-corrected chi connectivity index (χ3v) is 2.46. The second-order valence-corrected chi connectivity index (χ2v) is 4.75. The van der Waals surface area contributed by atoms with E-state index in [0.29, 0.717) is 5.69 Å². The summed E-state index contributed by atoms with van der Waals surface area (Å²) >= 11 is 0. The number of carbonyl (C=O) groups is 2.